The smallest absolute Gasteiger partial charge is 0.140 e. The Morgan fingerprint density at radius 2 is 1.90 bits per heavy atom. The number of nitrogens with two attached hydrogens (primary N) is 1. The summed E-state index contributed by atoms with van der Waals surface area (Å²) in [5, 5.41) is 1.04. The van der Waals surface area contributed by atoms with Gasteiger partial charge in [-0.25, -0.2) is 13.8 Å². The SMILES string of the molecule is Bc1cc(-c2c(C)cccc2F)c(F)c2cnc(N)cc12. The summed E-state index contributed by atoms with van der Waals surface area (Å²) in [6.45, 7) is 1.76. The van der Waals surface area contributed by atoms with Gasteiger partial charge in [-0.3, -0.25) is 0 Å². The molecule has 0 saturated carbocycles. The van der Waals surface area contributed by atoms with Crippen LogP contribution < -0.4 is 11.2 Å². The van der Waals surface area contributed by atoms with Gasteiger partial charge < -0.3 is 5.73 Å². The van der Waals surface area contributed by atoms with Crippen LogP contribution in [0.25, 0.3) is 21.9 Å². The number of rotatable bonds is 1. The first-order chi connectivity index (χ1) is 9.99. The minimum Gasteiger partial charge on any atom is -0.384 e. The Bertz CT molecular complexity index is 842. The van der Waals surface area contributed by atoms with Crippen molar-refractivity contribution in [3.63, 3.8) is 0 Å². The number of fused-ring (bicyclic) bond motifs is 1. The van der Waals surface area contributed by atoms with Crippen LogP contribution in [-0.2, 0) is 0 Å². The summed E-state index contributed by atoms with van der Waals surface area (Å²) in [5.74, 6) is -0.577. The fourth-order valence-corrected chi connectivity index (χ4v) is 2.63. The van der Waals surface area contributed by atoms with Crippen molar-refractivity contribution in [2.45, 2.75) is 6.92 Å². The molecule has 0 radical (unpaired) electrons. The Balaban J connectivity index is 2.40. The maximum Gasteiger partial charge on any atom is 0.140 e. The minimum atomic E-state index is -0.476. The molecule has 0 fully saturated rings. The number of anilines is 1. The van der Waals surface area contributed by atoms with Crippen LogP contribution in [0.4, 0.5) is 14.6 Å². The van der Waals surface area contributed by atoms with Crippen LogP contribution in [0.5, 0.6) is 0 Å². The average molecular weight is 282 g/mol. The van der Waals surface area contributed by atoms with Crippen molar-refractivity contribution >= 4 is 29.9 Å². The predicted molar refractivity (Wildman–Crippen MR) is 84.4 cm³/mol. The third kappa shape index (κ3) is 2.15. The molecule has 0 amide bonds. The molecule has 0 aliphatic rings. The first kappa shape index (κ1) is 13.6. The summed E-state index contributed by atoms with van der Waals surface area (Å²) in [6.07, 6.45) is 1.40. The molecule has 1 heterocycles. The molecule has 0 aliphatic carbocycles. The fourth-order valence-electron chi connectivity index (χ4n) is 2.63. The van der Waals surface area contributed by atoms with Crippen molar-refractivity contribution in [3.8, 4) is 11.1 Å². The number of nitrogen functional groups attached to an aromatic ring is 1. The predicted octanol–water partition coefficient (Wildman–Crippen LogP) is 2.33. The molecule has 0 saturated heterocycles. The van der Waals surface area contributed by atoms with E-state index in [1.165, 1.54) is 12.3 Å². The van der Waals surface area contributed by atoms with E-state index < -0.39 is 11.6 Å². The van der Waals surface area contributed by atoms with E-state index in [-0.39, 0.29) is 11.1 Å². The highest BCUT2D eigenvalue weighted by atomic mass is 19.1. The van der Waals surface area contributed by atoms with Crippen molar-refractivity contribution in [1.29, 1.82) is 0 Å². The highest BCUT2D eigenvalue weighted by Crippen LogP contribution is 2.31. The minimum absolute atomic E-state index is 0.252. The molecule has 3 rings (SSSR count). The molecule has 3 aromatic rings. The molecule has 0 bridgehead atoms. The summed E-state index contributed by atoms with van der Waals surface area (Å²) < 4.78 is 28.9. The monoisotopic (exact) mass is 282 g/mol. The third-order valence-corrected chi connectivity index (χ3v) is 3.68. The number of hydrogen-bond donors (Lipinski definition) is 1. The second-order valence-corrected chi connectivity index (χ2v) is 5.14. The number of halogens is 2. The number of pyridine rings is 1. The number of aryl methyl sites for hydroxylation is 1. The fraction of sp³-hybridized carbons (Fsp3) is 0.0625. The van der Waals surface area contributed by atoms with Crippen LogP contribution in [0, 0.1) is 18.6 Å². The third-order valence-electron chi connectivity index (χ3n) is 3.68. The van der Waals surface area contributed by atoms with Gasteiger partial charge in [0, 0.05) is 22.7 Å². The van der Waals surface area contributed by atoms with Gasteiger partial charge in [0.2, 0.25) is 0 Å². The van der Waals surface area contributed by atoms with Gasteiger partial charge in [0.25, 0.3) is 0 Å². The molecular weight excluding hydrogens is 269 g/mol. The van der Waals surface area contributed by atoms with E-state index in [2.05, 4.69) is 4.98 Å². The first-order valence-corrected chi connectivity index (χ1v) is 6.59. The van der Waals surface area contributed by atoms with Crippen molar-refractivity contribution < 1.29 is 8.78 Å². The summed E-state index contributed by atoms with van der Waals surface area (Å²) >= 11 is 0. The van der Waals surface area contributed by atoms with E-state index in [4.69, 9.17) is 5.73 Å². The van der Waals surface area contributed by atoms with Gasteiger partial charge >= 0.3 is 0 Å². The van der Waals surface area contributed by atoms with E-state index in [0.29, 0.717) is 22.2 Å². The van der Waals surface area contributed by atoms with Crippen LogP contribution in [0.2, 0.25) is 0 Å². The Morgan fingerprint density at radius 1 is 1.14 bits per heavy atom. The molecule has 1 aromatic heterocycles. The van der Waals surface area contributed by atoms with E-state index in [0.717, 1.165) is 5.46 Å². The lowest BCUT2D eigenvalue weighted by Crippen LogP contribution is -2.09. The molecule has 21 heavy (non-hydrogen) atoms. The maximum absolute atomic E-state index is 14.8. The molecule has 104 valence electrons. The van der Waals surface area contributed by atoms with Gasteiger partial charge in [0.05, 0.1) is 0 Å². The van der Waals surface area contributed by atoms with Crippen molar-refractivity contribution in [1.82, 2.24) is 4.98 Å². The Morgan fingerprint density at radius 3 is 2.62 bits per heavy atom. The zero-order valence-electron chi connectivity index (χ0n) is 11.7. The van der Waals surface area contributed by atoms with E-state index in [1.54, 1.807) is 31.2 Å². The van der Waals surface area contributed by atoms with Gasteiger partial charge in [0.15, 0.2) is 0 Å². The first-order valence-electron chi connectivity index (χ1n) is 6.59. The van der Waals surface area contributed by atoms with Gasteiger partial charge in [-0.05, 0) is 30.0 Å². The zero-order valence-corrected chi connectivity index (χ0v) is 11.7. The molecule has 0 spiro atoms. The number of aromatic nitrogens is 1. The van der Waals surface area contributed by atoms with Gasteiger partial charge in [-0.1, -0.05) is 23.7 Å². The Labute approximate surface area is 122 Å². The lowest BCUT2D eigenvalue weighted by molar-refractivity contribution is 0.620. The van der Waals surface area contributed by atoms with Crippen LogP contribution in [-0.4, -0.2) is 12.8 Å². The van der Waals surface area contributed by atoms with Crippen LogP contribution in [0.3, 0.4) is 0 Å². The summed E-state index contributed by atoms with van der Waals surface area (Å²) in [5.41, 5.74) is 7.71. The molecule has 2 nitrogen and oxygen atoms in total. The normalized spacial score (nSPS) is 11.0. The number of benzene rings is 2. The van der Waals surface area contributed by atoms with Crippen LogP contribution in [0.15, 0.2) is 36.5 Å². The van der Waals surface area contributed by atoms with Crippen molar-refractivity contribution in [2.75, 3.05) is 5.73 Å². The highest BCUT2D eigenvalue weighted by molar-refractivity contribution is 6.39. The number of nitrogens with zero attached hydrogens (tertiary/aromatic N) is 1. The number of hydrogen-bond acceptors (Lipinski definition) is 2. The van der Waals surface area contributed by atoms with Crippen molar-refractivity contribution in [2.24, 2.45) is 0 Å². The molecular formula is C16H13BF2N2. The molecule has 2 aromatic carbocycles. The molecule has 5 heteroatoms. The summed E-state index contributed by atoms with van der Waals surface area (Å²) in [7, 11) is 1.85. The summed E-state index contributed by atoms with van der Waals surface area (Å²) in [4.78, 5) is 3.93. The second kappa shape index (κ2) is 4.84. The topological polar surface area (TPSA) is 38.9 Å². The average Bonchev–Trinajstić information content (AvgIpc) is 2.44. The van der Waals surface area contributed by atoms with Crippen molar-refractivity contribution in [3.05, 3.63) is 53.7 Å². The van der Waals surface area contributed by atoms with Gasteiger partial charge in [-0.15, -0.1) is 0 Å². The van der Waals surface area contributed by atoms with Gasteiger partial charge in [0.1, 0.15) is 25.3 Å². The molecule has 2 N–H and O–H groups in total. The molecule has 0 aliphatic heterocycles. The van der Waals surface area contributed by atoms with Gasteiger partial charge in [-0.2, -0.15) is 0 Å². The lowest BCUT2D eigenvalue weighted by Gasteiger charge is -2.13. The maximum atomic E-state index is 14.8. The van der Waals surface area contributed by atoms with Crippen LogP contribution >= 0.6 is 0 Å². The molecule has 0 unspecified atom stereocenters. The van der Waals surface area contributed by atoms with E-state index in [9.17, 15) is 8.78 Å². The summed E-state index contributed by atoms with van der Waals surface area (Å²) in [6, 6.07) is 8.00. The van der Waals surface area contributed by atoms with Crippen LogP contribution in [0.1, 0.15) is 5.56 Å². The standard InChI is InChI=1S/C16H13BF2N2/c1-8-3-2-4-13(18)15(8)10-5-12(17)9-6-14(20)21-7-11(9)16(10)19/h2-7H,17H2,1H3,(H2,20,21). The quantitative estimate of drug-likeness (QED) is 0.696. The Kier molecular flexibility index (Phi) is 3.13. The molecule has 0 atom stereocenters. The second-order valence-electron chi connectivity index (χ2n) is 5.14. The largest absolute Gasteiger partial charge is 0.384 e. The Hall–Kier alpha value is -2.43. The zero-order chi connectivity index (χ0) is 15.1. The van der Waals surface area contributed by atoms with E-state index in [1.807, 2.05) is 7.85 Å². The van der Waals surface area contributed by atoms with E-state index >= 15 is 0 Å². The highest BCUT2D eigenvalue weighted by Gasteiger charge is 2.16. The lowest BCUT2D eigenvalue weighted by atomic mass is 9.86.